The highest BCUT2D eigenvalue weighted by Gasteiger charge is 2.65. The lowest BCUT2D eigenvalue weighted by Gasteiger charge is -2.18. The van der Waals surface area contributed by atoms with E-state index in [1.807, 2.05) is 26.8 Å². The van der Waals surface area contributed by atoms with Crippen molar-refractivity contribution in [1.82, 2.24) is 20.0 Å². The van der Waals surface area contributed by atoms with Crippen LogP contribution in [0.15, 0.2) is 24.5 Å². The number of hydrogen-bond acceptors (Lipinski definition) is 6. The van der Waals surface area contributed by atoms with Crippen LogP contribution in [0.2, 0.25) is 0 Å². The summed E-state index contributed by atoms with van der Waals surface area (Å²) < 4.78 is 17.8. The molecule has 0 bridgehead atoms. The van der Waals surface area contributed by atoms with Gasteiger partial charge in [-0.1, -0.05) is 55.4 Å². The Bertz CT molecular complexity index is 984. The highest BCUT2D eigenvalue weighted by atomic mass is 16.6. The molecule has 8 heteroatoms. The SMILES string of the molecule is CC(C)(C)OC(=O)n1ccc(OCC2C(C)(C)C2(C)C)n1.CC1(C)C(COc2ccn[nH]2)C1(C)C. The van der Waals surface area contributed by atoms with E-state index in [0.29, 0.717) is 35.2 Å². The van der Waals surface area contributed by atoms with Crippen LogP contribution in [-0.2, 0) is 4.74 Å². The predicted octanol–water partition coefficient (Wildman–Crippen LogP) is 6.20. The maximum Gasteiger partial charge on any atom is 0.435 e. The van der Waals surface area contributed by atoms with Crippen LogP contribution in [-0.4, -0.2) is 44.9 Å². The second-order valence-electron chi connectivity index (χ2n) is 13.1. The summed E-state index contributed by atoms with van der Waals surface area (Å²) in [6.45, 7) is 25.1. The Kier molecular flexibility index (Phi) is 6.85. The van der Waals surface area contributed by atoms with Crippen molar-refractivity contribution in [3.63, 3.8) is 0 Å². The summed E-state index contributed by atoms with van der Waals surface area (Å²) in [7, 11) is 0. The van der Waals surface area contributed by atoms with Gasteiger partial charge in [-0.3, -0.25) is 0 Å². The third-order valence-corrected chi connectivity index (χ3v) is 9.06. The minimum absolute atomic E-state index is 0.279. The van der Waals surface area contributed by atoms with Crippen molar-refractivity contribution in [3.05, 3.63) is 24.5 Å². The van der Waals surface area contributed by atoms with Crippen LogP contribution in [0.1, 0.15) is 76.2 Å². The van der Waals surface area contributed by atoms with Crippen molar-refractivity contribution in [2.45, 2.75) is 81.8 Å². The van der Waals surface area contributed by atoms with Gasteiger partial charge in [-0.25, -0.2) is 9.89 Å². The van der Waals surface area contributed by atoms with E-state index in [9.17, 15) is 4.79 Å². The average molecular weight is 489 g/mol. The number of nitrogens with one attached hydrogen (secondary N) is 1. The van der Waals surface area contributed by atoms with Crippen molar-refractivity contribution in [2.75, 3.05) is 13.2 Å². The third-order valence-electron chi connectivity index (χ3n) is 9.06. The summed E-state index contributed by atoms with van der Waals surface area (Å²) >= 11 is 0. The second-order valence-corrected chi connectivity index (χ2v) is 13.1. The molecular weight excluding hydrogens is 444 g/mol. The molecule has 4 rings (SSSR count). The number of hydrogen-bond donors (Lipinski definition) is 1. The Hall–Kier alpha value is -2.51. The zero-order valence-electron chi connectivity index (χ0n) is 23.4. The number of carbonyl (C=O) groups is 1. The van der Waals surface area contributed by atoms with Gasteiger partial charge in [0.15, 0.2) is 0 Å². The van der Waals surface area contributed by atoms with E-state index in [1.54, 1.807) is 18.5 Å². The fourth-order valence-electron chi connectivity index (χ4n) is 4.96. The molecule has 0 aromatic carbocycles. The van der Waals surface area contributed by atoms with Gasteiger partial charge in [-0.2, -0.15) is 9.78 Å². The lowest BCUT2D eigenvalue weighted by atomic mass is 10.0. The molecule has 2 aliphatic rings. The summed E-state index contributed by atoms with van der Waals surface area (Å²) in [5.74, 6) is 2.36. The molecule has 0 saturated heterocycles. The maximum atomic E-state index is 11.9. The Morgan fingerprint density at radius 2 is 1.43 bits per heavy atom. The fraction of sp³-hybridized carbons (Fsp3) is 0.741. The number of ether oxygens (including phenoxy) is 3. The van der Waals surface area contributed by atoms with Crippen LogP contribution in [0.4, 0.5) is 4.79 Å². The van der Waals surface area contributed by atoms with Gasteiger partial charge in [0.2, 0.25) is 11.8 Å². The monoisotopic (exact) mass is 488 g/mol. The minimum atomic E-state index is -0.536. The van der Waals surface area contributed by atoms with E-state index in [1.165, 1.54) is 4.68 Å². The Morgan fingerprint density at radius 3 is 1.86 bits per heavy atom. The molecule has 0 aliphatic heterocycles. The minimum Gasteiger partial charge on any atom is -0.478 e. The molecule has 2 aromatic heterocycles. The van der Waals surface area contributed by atoms with Gasteiger partial charge >= 0.3 is 6.09 Å². The molecule has 2 aliphatic carbocycles. The Balaban J connectivity index is 0.000000211. The van der Waals surface area contributed by atoms with Crippen molar-refractivity contribution in [2.24, 2.45) is 33.5 Å². The van der Waals surface area contributed by atoms with E-state index in [2.05, 4.69) is 70.7 Å². The van der Waals surface area contributed by atoms with Crippen molar-refractivity contribution < 1.29 is 19.0 Å². The summed E-state index contributed by atoms with van der Waals surface area (Å²) in [5, 5.41) is 10.8. The topological polar surface area (TPSA) is 91.3 Å². The average Bonchev–Trinajstić information content (AvgIpc) is 3.21. The molecule has 35 heavy (non-hydrogen) atoms. The number of H-pyrrole nitrogens is 1. The van der Waals surface area contributed by atoms with Crippen LogP contribution in [0.25, 0.3) is 0 Å². The van der Waals surface area contributed by atoms with Crippen LogP contribution >= 0.6 is 0 Å². The van der Waals surface area contributed by atoms with Crippen molar-refractivity contribution in [3.8, 4) is 11.8 Å². The van der Waals surface area contributed by atoms with Gasteiger partial charge in [-0.15, -0.1) is 5.10 Å². The molecule has 2 aromatic rings. The van der Waals surface area contributed by atoms with Crippen LogP contribution in [0.3, 0.4) is 0 Å². The Labute approximate surface area is 210 Å². The first-order chi connectivity index (χ1) is 15.9. The fourth-order valence-corrected chi connectivity index (χ4v) is 4.96. The number of carbonyl (C=O) groups excluding carboxylic acids is 1. The molecule has 1 N–H and O–H groups in total. The van der Waals surface area contributed by atoms with Crippen LogP contribution < -0.4 is 9.47 Å². The Morgan fingerprint density at radius 1 is 0.914 bits per heavy atom. The first-order valence-corrected chi connectivity index (χ1v) is 12.5. The summed E-state index contributed by atoms with van der Waals surface area (Å²) in [4.78, 5) is 11.9. The van der Waals surface area contributed by atoms with Gasteiger partial charge in [0.25, 0.3) is 0 Å². The highest BCUT2D eigenvalue weighted by Crippen LogP contribution is 2.68. The number of aromatic nitrogens is 4. The summed E-state index contributed by atoms with van der Waals surface area (Å²) in [6.07, 6.45) is 2.77. The van der Waals surface area contributed by atoms with E-state index in [-0.39, 0.29) is 10.8 Å². The predicted molar refractivity (Wildman–Crippen MR) is 136 cm³/mol. The first kappa shape index (κ1) is 27.1. The second kappa shape index (κ2) is 8.86. The van der Waals surface area contributed by atoms with E-state index < -0.39 is 11.7 Å². The molecule has 2 fully saturated rings. The van der Waals surface area contributed by atoms with Gasteiger partial charge in [0, 0.05) is 30.2 Å². The van der Waals surface area contributed by atoms with Gasteiger partial charge in [0.1, 0.15) is 5.60 Å². The molecule has 2 saturated carbocycles. The third kappa shape index (κ3) is 5.51. The molecule has 196 valence electrons. The normalized spacial score (nSPS) is 21.5. The molecule has 0 amide bonds. The lowest BCUT2D eigenvalue weighted by Crippen LogP contribution is -2.27. The largest absolute Gasteiger partial charge is 0.478 e. The quantitative estimate of drug-likeness (QED) is 0.521. The van der Waals surface area contributed by atoms with E-state index >= 15 is 0 Å². The maximum absolute atomic E-state index is 11.9. The number of nitrogens with zero attached hydrogens (tertiary/aromatic N) is 3. The molecule has 0 atom stereocenters. The number of aromatic amines is 1. The molecule has 8 nitrogen and oxygen atoms in total. The summed E-state index contributed by atoms with van der Waals surface area (Å²) in [6, 6.07) is 3.54. The van der Waals surface area contributed by atoms with E-state index in [4.69, 9.17) is 14.2 Å². The van der Waals surface area contributed by atoms with Gasteiger partial charge in [0.05, 0.1) is 19.4 Å². The zero-order chi connectivity index (χ0) is 26.4. The molecule has 0 spiro atoms. The van der Waals surface area contributed by atoms with Crippen molar-refractivity contribution >= 4 is 6.09 Å². The lowest BCUT2D eigenvalue weighted by molar-refractivity contribution is 0.0511. The van der Waals surface area contributed by atoms with Gasteiger partial charge in [-0.05, 0) is 42.4 Å². The van der Waals surface area contributed by atoms with Crippen LogP contribution in [0.5, 0.6) is 11.8 Å². The zero-order valence-corrected chi connectivity index (χ0v) is 23.4. The van der Waals surface area contributed by atoms with E-state index in [0.717, 1.165) is 12.5 Å². The summed E-state index contributed by atoms with van der Waals surface area (Å²) in [5.41, 5.74) is 0.813. The number of rotatable bonds is 6. The molecule has 0 unspecified atom stereocenters. The van der Waals surface area contributed by atoms with Crippen molar-refractivity contribution in [1.29, 1.82) is 0 Å². The highest BCUT2D eigenvalue weighted by molar-refractivity contribution is 5.69. The standard InChI is InChI=1S/C16H26N2O3.C11H18N2O/c1-14(2,3)21-13(19)18-9-8-12(17-18)20-10-11-15(4,5)16(11,6)7;1-10(2)8(11(10,3)4)7-14-9-5-6-12-13-9/h8-9,11H,10H2,1-7H3;5-6,8H,7H2,1-4H3,(H,12,13). The first-order valence-electron chi connectivity index (χ1n) is 12.5. The molecule has 0 radical (unpaired) electrons. The smallest absolute Gasteiger partial charge is 0.435 e. The molecule has 2 heterocycles. The molecular formula is C27H44N4O4. The van der Waals surface area contributed by atoms with Crippen LogP contribution in [0, 0.1) is 33.5 Å². The van der Waals surface area contributed by atoms with Gasteiger partial charge < -0.3 is 14.2 Å².